The van der Waals surface area contributed by atoms with Gasteiger partial charge in [0.25, 0.3) is 5.91 Å². The summed E-state index contributed by atoms with van der Waals surface area (Å²) in [6, 6.07) is 10.4. The highest BCUT2D eigenvalue weighted by atomic mass is 16.6. The zero-order chi connectivity index (χ0) is 17.1. The lowest BCUT2D eigenvalue weighted by Gasteiger charge is -2.17. The molecule has 7 nitrogen and oxygen atoms in total. The largest absolute Gasteiger partial charge is 0.457 e. The number of nitrogens with one attached hydrogen (secondary N) is 1. The second kappa shape index (κ2) is 6.57. The summed E-state index contributed by atoms with van der Waals surface area (Å²) in [5.74, 6) is -1.29. The highest BCUT2D eigenvalue weighted by Gasteiger charge is 2.32. The smallest absolute Gasteiger partial charge is 0.375 e. The zero-order valence-electron chi connectivity index (χ0n) is 13.0. The Kier molecular flexibility index (Phi) is 4.33. The quantitative estimate of drug-likeness (QED) is 0.868. The van der Waals surface area contributed by atoms with Crippen molar-refractivity contribution >= 4 is 17.9 Å². The number of imide groups is 1. The molecule has 0 bridgehead atoms. The summed E-state index contributed by atoms with van der Waals surface area (Å²) in [7, 11) is 0. The predicted molar refractivity (Wildman–Crippen MR) is 84.1 cm³/mol. The molecule has 3 rings (SSSR count). The van der Waals surface area contributed by atoms with Crippen LogP contribution >= 0.6 is 0 Å². The summed E-state index contributed by atoms with van der Waals surface area (Å²) < 4.78 is 10.4. The number of esters is 1. The minimum Gasteiger partial charge on any atom is -0.457 e. The van der Waals surface area contributed by atoms with Crippen LogP contribution in [0.3, 0.4) is 0 Å². The molecule has 2 heterocycles. The van der Waals surface area contributed by atoms with Crippen LogP contribution in [-0.4, -0.2) is 42.0 Å². The number of carbonyl (C=O) groups is 3. The van der Waals surface area contributed by atoms with Gasteiger partial charge in [-0.15, -0.1) is 0 Å². The molecule has 1 atom stereocenters. The van der Waals surface area contributed by atoms with Crippen molar-refractivity contribution in [3.8, 4) is 11.1 Å². The van der Waals surface area contributed by atoms with E-state index >= 15 is 0 Å². The first-order valence-corrected chi connectivity index (χ1v) is 7.51. The topological polar surface area (TPSA) is 88.8 Å². The molecule has 1 aromatic carbocycles. The number of ether oxygens (including phenoxy) is 1. The second-order valence-corrected chi connectivity index (χ2v) is 5.30. The van der Waals surface area contributed by atoms with Crippen molar-refractivity contribution in [3.05, 3.63) is 48.4 Å². The number of urea groups is 1. The lowest BCUT2D eigenvalue weighted by Crippen LogP contribution is -2.41. The molecule has 0 aliphatic carbocycles. The first kappa shape index (κ1) is 15.8. The van der Waals surface area contributed by atoms with Crippen molar-refractivity contribution in [1.29, 1.82) is 0 Å². The number of hydrogen-bond donors (Lipinski definition) is 1. The van der Waals surface area contributed by atoms with Crippen LogP contribution in [0.1, 0.15) is 17.5 Å². The summed E-state index contributed by atoms with van der Waals surface area (Å²) in [6.07, 6.45) is 0.300. The zero-order valence-corrected chi connectivity index (χ0v) is 13.0. The van der Waals surface area contributed by atoms with Crippen LogP contribution in [0.2, 0.25) is 0 Å². The molecular formula is C17H16N2O5. The van der Waals surface area contributed by atoms with Gasteiger partial charge in [-0.25, -0.2) is 9.59 Å². The Hall–Kier alpha value is -3.09. The Morgan fingerprint density at radius 2 is 2.00 bits per heavy atom. The summed E-state index contributed by atoms with van der Waals surface area (Å²) in [5.41, 5.74) is 1.38. The molecule has 3 amide bonds. The molecule has 0 spiro atoms. The minimum absolute atomic E-state index is 0.0201. The van der Waals surface area contributed by atoms with E-state index in [1.54, 1.807) is 6.07 Å². The molecule has 1 aromatic heterocycles. The van der Waals surface area contributed by atoms with E-state index in [0.29, 0.717) is 12.1 Å². The van der Waals surface area contributed by atoms with Gasteiger partial charge in [0.1, 0.15) is 0 Å². The van der Waals surface area contributed by atoms with E-state index < -0.39 is 24.0 Å². The number of nitrogens with zero attached hydrogens (tertiary/aromatic N) is 1. The van der Waals surface area contributed by atoms with E-state index in [0.717, 1.165) is 10.5 Å². The molecule has 1 aliphatic rings. The number of furan rings is 1. The van der Waals surface area contributed by atoms with Crippen LogP contribution in [0.25, 0.3) is 11.1 Å². The van der Waals surface area contributed by atoms with Gasteiger partial charge in [-0.1, -0.05) is 30.3 Å². The number of carbonyl (C=O) groups excluding carboxylic acids is 3. The van der Waals surface area contributed by atoms with Crippen LogP contribution in [0.4, 0.5) is 4.79 Å². The molecule has 124 valence electrons. The van der Waals surface area contributed by atoms with Crippen LogP contribution in [0.5, 0.6) is 0 Å². The fourth-order valence-electron chi connectivity index (χ4n) is 2.48. The Morgan fingerprint density at radius 3 is 2.67 bits per heavy atom. The third kappa shape index (κ3) is 3.01. The van der Waals surface area contributed by atoms with Crippen LogP contribution < -0.4 is 5.32 Å². The normalized spacial score (nSPS) is 15.0. The molecular weight excluding hydrogens is 312 g/mol. The van der Waals surface area contributed by atoms with Crippen LogP contribution in [0, 0.1) is 0 Å². The number of amides is 3. The van der Waals surface area contributed by atoms with Gasteiger partial charge in [0.2, 0.25) is 5.76 Å². The molecule has 0 radical (unpaired) electrons. The number of rotatable bonds is 4. The van der Waals surface area contributed by atoms with Gasteiger partial charge >= 0.3 is 12.0 Å². The van der Waals surface area contributed by atoms with Crippen molar-refractivity contribution in [2.75, 3.05) is 13.1 Å². The highest BCUT2D eigenvalue weighted by Crippen LogP contribution is 2.25. The Bertz CT molecular complexity index is 768. The third-order valence-electron chi connectivity index (χ3n) is 3.69. The average Bonchev–Trinajstić information content (AvgIpc) is 3.23. The van der Waals surface area contributed by atoms with Crippen LogP contribution in [0.15, 0.2) is 47.1 Å². The van der Waals surface area contributed by atoms with Crippen molar-refractivity contribution in [1.82, 2.24) is 10.2 Å². The molecule has 1 N–H and O–H groups in total. The first-order chi connectivity index (χ1) is 11.6. The monoisotopic (exact) mass is 328 g/mol. The molecule has 0 unspecified atom stereocenters. The Labute approximate surface area is 138 Å². The van der Waals surface area contributed by atoms with E-state index in [2.05, 4.69) is 5.32 Å². The van der Waals surface area contributed by atoms with Gasteiger partial charge in [0, 0.05) is 18.7 Å². The average molecular weight is 328 g/mol. The van der Waals surface area contributed by atoms with E-state index in [9.17, 15) is 14.4 Å². The summed E-state index contributed by atoms with van der Waals surface area (Å²) in [4.78, 5) is 37.0. The summed E-state index contributed by atoms with van der Waals surface area (Å²) in [6.45, 7) is 2.08. The lowest BCUT2D eigenvalue weighted by atomic mass is 10.1. The fraction of sp³-hybridized carbons (Fsp3) is 0.235. The third-order valence-corrected chi connectivity index (χ3v) is 3.69. The maximum Gasteiger partial charge on any atom is 0.375 e. The maximum atomic E-state index is 12.3. The molecule has 1 fully saturated rings. The molecule has 7 heteroatoms. The first-order valence-electron chi connectivity index (χ1n) is 7.51. The summed E-state index contributed by atoms with van der Waals surface area (Å²) >= 11 is 0. The van der Waals surface area contributed by atoms with Gasteiger partial charge in [0.15, 0.2) is 6.10 Å². The van der Waals surface area contributed by atoms with Gasteiger partial charge in [-0.05, 0) is 18.6 Å². The fourth-order valence-corrected chi connectivity index (χ4v) is 2.48. The predicted octanol–water partition coefficient (Wildman–Crippen LogP) is 2.04. The van der Waals surface area contributed by atoms with Crippen LogP contribution in [-0.2, 0) is 9.53 Å². The number of hydrogen-bond acceptors (Lipinski definition) is 5. The molecule has 24 heavy (non-hydrogen) atoms. The van der Waals surface area contributed by atoms with Gasteiger partial charge in [-0.3, -0.25) is 9.69 Å². The number of benzene rings is 1. The molecule has 2 aromatic rings. The minimum atomic E-state index is -1.09. The van der Waals surface area contributed by atoms with Crippen molar-refractivity contribution in [2.45, 2.75) is 13.0 Å². The summed E-state index contributed by atoms with van der Waals surface area (Å²) in [5, 5.41) is 2.52. The van der Waals surface area contributed by atoms with Gasteiger partial charge in [0.05, 0.1) is 6.26 Å². The molecule has 0 saturated carbocycles. The van der Waals surface area contributed by atoms with E-state index in [1.165, 1.54) is 13.2 Å². The van der Waals surface area contributed by atoms with E-state index in [1.807, 2.05) is 30.3 Å². The standard InChI is InChI=1S/C17H16N2O5/c1-11(15(20)19-9-8-18-17(19)22)24-16(21)14-13(7-10-23-14)12-5-3-2-4-6-12/h2-7,10-11H,8-9H2,1H3,(H,18,22)/t11-/m1/s1. The maximum absolute atomic E-state index is 12.3. The van der Waals surface area contributed by atoms with E-state index in [4.69, 9.17) is 9.15 Å². The second-order valence-electron chi connectivity index (χ2n) is 5.30. The van der Waals surface area contributed by atoms with Crippen molar-refractivity contribution in [2.24, 2.45) is 0 Å². The van der Waals surface area contributed by atoms with Gasteiger partial charge < -0.3 is 14.5 Å². The molecule has 1 aliphatic heterocycles. The van der Waals surface area contributed by atoms with Crippen molar-refractivity contribution in [3.63, 3.8) is 0 Å². The van der Waals surface area contributed by atoms with Gasteiger partial charge in [-0.2, -0.15) is 0 Å². The SMILES string of the molecule is C[C@@H](OC(=O)c1occc1-c1ccccc1)C(=O)N1CCNC1=O. The Morgan fingerprint density at radius 1 is 1.25 bits per heavy atom. The highest BCUT2D eigenvalue weighted by molar-refractivity contribution is 6.00. The van der Waals surface area contributed by atoms with E-state index in [-0.39, 0.29) is 12.3 Å². The Balaban J connectivity index is 1.73. The van der Waals surface area contributed by atoms with Crippen molar-refractivity contribution < 1.29 is 23.5 Å². The molecule has 1 saturated heterocycles. The lowest BCUT2D eigenvalue weighted by molar-refractivity contribution is -0.136.